The van der Waals surface area contributed by atoms with Crippen LogP contribution in [0.3, 0.4) is 0 Å². The predicted molar refractivity (Wildman–Crippen MR) is 102 cm³/mol. The van der Waals surface area contributed by atoms with E-state index in [0.29, 0.717) is 12.2 Å². The topological polar surface area (TPSA) is 38.8 Å². The normalized spacial score (nSPS) is 12.1. The number of carbonyl (C=O) groups excluding carboxylic acids is 1. The number of nitrogens with zero attached hydrogens (tertiary/aromatic N) is 1. The molecule has 0 radical (unpaired) electrons. The molecule has 0 aromatic carbocycles. The molecule has 0 aromatic heterocycles. The first kappa shape index (κ1) is 23.5. The van der Waals surface area contributed by atoms with E-state index in [-0.39, 0.29) is 5.41 Å². The highest BCUT2D eigenvalue weighted by atomic mass is 16.5. The maximum atomic E-state index is 11.8. The molecule has 0 heterocycles. The molecule has 0 aromatic rings. The Bertz CT molecular complexity index is 298. The summed E-state index contributed by atoms with van der Waals surface area (Å²) >= 11 is 0. The molecule has 0 spiro atoms. The molecule has 0 aliphatic heterocycles. The van der Waals surface area contributed by atoms with Crippen molar-refractivity contribution in [1.29, 1.82) is 0 Å². The largest absolute Gasteiger partial charge is 0.381 e. The van der Waals surface area contributed by atoms with Crippen molar-refractivity contribution in [3.63, 3.8) is 0 Å². The first-order chi connectivity index (χ1) is 11.3. The summed E-state index contributed by atoms with van der Waals surface area (Å²) in [5, 5.41) is 0. The molecular weight excluding hydrogens is 302 g/mol. The summed E-state index contributed by atoms with van der Waals surface area (Å²) in [6.45, 7) is 10.5. The van der Waals surface area contributed by atoms with Gasteiger partial charge in [0, 0.05) is 38.3 Å². The van der Waals surface area contributed by atoms with Gasteiger partial charge in [-0.2, -0.15) is 0 Å². The summed E-state index contributed by atoms with van der Waals surface area (Å²) in [5.41, 5.74) is -0.188. The molecule has 0 atom stereocenters. The van der Waals surface area contributed by atoms with Crippen LogP contribution in [0.2, 0.25) is 0 Å². The summed E-state index contributed by atoms with van der Waals surface area (Å²) < 4.78 is 11.3. The smallest absolute Gasteiger partial charge is 0.138 e. The van der Waals surface area contributed by atoms with Crippen LogP contribution in [0.25, 0.3) is 0 Å². The summed E-state index contributed by atoms with van der Waals surface area (Å²) in [5.74, 6) is 0.368. The molecule has 144 valence electrons. The third-order valence-corrected chi connectivity index (χ3v) is 4.00. The zero-order chi connectivity index (χ0) is 18.3. The fourth-order valence-corrected chi connectivity index (χ4v) is 2.31. The maximum Gasteiger partial charge on any atom is 0.138 e. The van der Waals surface area contributed by atoms with Crippen molar-refractivity contribution in [3.8, 4) is 0 Å². The molecule has 0 fully saturated rings. The first-order valence-electron chi connectivity index (χ1n) is 9.67. The molecule has 0 aliphatic carbocycles. The van der Waals surface area contributed by atoms with Gasteiger partial charge in [-0.25, -0.2) is 0 Å². The Balaban J connectivity index is 3.14. The van der Waals surface area contributed by atoms with Gasteiger partial charge in [-0.1, -0.05) is 27.2 Å². The van der Waals surface area contributed by atoms with Crippen LogP contribution in [0, 0.1) is 5.41 Å². The second-order valence-electron chi connectivity index (χ2n) is 7.93. The van der Waals surface area contributed by atoms with Crippen molar-refractivity contribution in [2.24, 2.45) is 5.41 Å². The fraction of sp³-hybridized carbons (Fsp3) is 0.950. The van der Waals surface area contributed by atoms with Crippen molar-refractivity contribution in [2.75, 3.05) is 47.1 Å². The second-order valence-corrected chi connectivity index (χ2v) is 7.93. The van der Waals surface area contributed by atoms with E-state index in [9.17, 15) is 4.79 Å². The third kappa shape index (κ3) is 16.4. The first-order valence-corrected chi connectivity index (χ1v) is 9.67. The number of unbranched alkanes of at least 4 members (excludes halogenated alkanes) is 4. The Morgan fingerprint density at radius 3 is 1.67 bits per heavy atom. The average molecular weight is 344 g/mol. The van der Waals surface area contributed by atoms with Gasteiger partial charge in [0.15, 0.2) is 0 Å². The van der Waals surface area contributed by atoms with E-state index in [1.54, 1.807) is 0 Å². The molecule has 0 saturated carbocycles. The summed E-state index contributed by atoms with van der Waals surface area (Å²) in [6, 6.07) is 0. The standard InChI is InChI=1S/C20H41NO3/c1-20(2,3)19(22)13-8-6-9-15-23-16-10-7-11-17-24-18-12-14-21(4)5/h6-18H2,1-5H3. The van der Waals surface area contributed by atoms with E-state index in [1.807, 2.05) is 20.8 Å². The minimum atomic E-state index is -0.188. The summed E-state index contributed by atoms with van der Waals surface area (Å²) in [6.07, 6.45) is 8.37. The highest BCUT2D eigenvalue weighted by Crippen LogP contribution is 2.18. The Kier molecular flexibility index (Phi) is 14.6. The lowest BCUT2D eigenvalue weighted by Gasteiger charge is -2.16. The van der Waals surface area contributed by atoms with Crippen LogP contribution in [0.15, 0.2) is 0 Å². The number of ether oxygens (including phenoxy) is 2. The lowest BCUT2D eigenvalue weighted by molar-refractivity contribution is -0.126. The van der Waals surface area contributed by atoms with Crippen LogP contribution in [0.1, 0.15) is 72.1 Å². The lowest BCUT2D eigenvalue weighted by atomic mass is 9.88. The maximum absolute atomic E-state index is 11.8. The molecule has 24 heavy (non-hydrogen) atoms. The van der Waals surface area contributed by atoms with Crippen LogP contribution >= 0.6 is 0 Å². The van der Waals surface area contributed by atoms with Crippen LogP contribution < -0.4 is 0 Å². The number of rotatable bonds is 16. The van der Waals surface area contributed by atoms with Gasteiger partial charge >= 0.3 is 0 Å². The van der Waals surface area contributed by atoms with Crippen LogP contribution in [0.5, 0.6) is 0 Å². The van der Waals surface area contributed by atoms with Gasteiger partial charge < -0.3 is 14.4 Å². The molecule has 0 rings (SSSR count). The molecule has 0 N–H and O–H groups in total. The zero-order valence-corrected chi connectivity index (χ0v) is 16.9. The van der Waals surface area contributed by atoms with Crippen LogP contribution in [-0.4, -0.2) is 57.8 Å². The molecule has 4 nitrogen and oxygen atoms in total. The van der Waals surface area contributed by atoms with Gasteiger partial charge in [-0.15, -0.1) is 0 Å². The molecule has 0 saturated heterocycles. The Morgan fingerprint density at radius 2 is 1.21 bits per heavy atom. The van der Waals surface area contributed by atoms with Gasteiger partial charge in [-0.05, 0) is 59.2 Å². The number of carbonyl (C=O) groups is 1. The average Bonchev–Trinajstić information content (AvgIpc) is 2.49. The van der Waals surface area contributed by atoms with Gasteiger partial charge in [0.1, 0.15) is 5.78 Å². The van der Waals surface area contributed by atoms with Gasteiger partial charge in [0.05, 0.1) is 0 Å². The molecule has 0 aliphatic rings. The molecule has 4 heteroatoms. The quantitative estimate of drug-likeness (QED) is 0.391. The Labute approximate surface area is 150 Å². The zero-order valence-electron chi connectivity index (χ0n) is 16.9. The second kappa shape index (κ2) is 14.9. The highest BCUT2D eigenvalue weighted by Gasteiger charge is 2.19. The Hall–Kier alpha value is -0.450. The molecule has 0 unspecified atom stereocenters. The number of hydrogen-bond donors (Lipinski definition) is 0. The van der Waals surface area contributed by atoms with E-state index in [2.05, 4.69) is 19.0 Å². The monoisotopic (exact) mass is 343 g/mol. The summed E-state index contributed by atoms with van der Waals surface area (Å²) in [7, 11) is 4.18. The fourth-order valence-electron chi connectivity index (χ4n) is 2.31. The predicted octanol–water partition coefficient (Wildman–Crippen LogP) is 4.32. The molecular formula is C20H41NO3. The van der Waals surface area contributed by atoms with E-state index in [0.717, 1.165) is 71.5 Å². The molecule has 0 bridgehead atoms. The van der Waals surface area contributed by atoms with E-state index in [4.69, 9.17) is 9.47 Å². The van der Waals surface area contributed by atoms with Gasteiger partial charge in [0.25, 0.3) is 0 Å². The third-order valence-electron chi connectivity index (χ3n) is 4.00. The lowest BCUT2D eigenvalue weighted by Crippen LogP contribution is -2.19. The van der Waals surface area contributed by atoms with Crippen molar-refractivity contribution in [3.05, 3.63) is 0 Å². The van der Waals surface area contributed by atoms with Crippen molar-refractivity contribution >= 4 is 5.78 Å². The number of hydrogen-bond acceptors (Lipinski definition) is 4. The minimum absolute atomic E-state index is 0.188. The number of Topliss-reactive ketones (excluding diaryl/α,β-unsaturated/α-hetero) is 1. The molecule has 0 amide bonds. The number of ketones is 1. The van der Waals surface area contributed by atoms with Gasteiger partial charge in [-0.3, -0.25) is 4.79 Å². The van der Waals surface area contributed by atoms with Crippen molar-refractivity contribution in [1.82, 2.24) is 4.90 Å². The summed E-state index contributed by atoms with van der Waals surface area (Å²) in [4.78, 5) is 14.0. The highest BCUT2D eigenvalue weighted by molar-refractivity contribution is 5.83. The Morgan fingerprint density at radius 1 is 0.750 bits per heavy atom. The van der Waals surface area contributed by atoms with Crippen molar-refractivity contribution < 1.29 is 14.3 Å². The van der Waals surface area contributed by atoms with E-state index < -0.39 is 0 Å². The SMILES string of the molecule is CN(C)CCCOCCCCCOCCCCCC(=O)C(C)(C)C. The van der Waals surface area contributed by atoms with Crippen molar-refractivity contribution in [2.45, 2.75) is 72.1 Å². The van der Waals surface area contributed by atoms with E-state index >= 15 is 0 Å². The minimum Gasteiger partial charge on any atom is -0.381 e. The van der Waals surface area contributed by atoms with Crippen LogP contribution in [-0.2, 0) is 14.3 Å². The van der Waals surface area contributed by atoms with Crippen LogP contribution in [0.4, 0.5) is 0 Å². The van der Waals surface area contributed by atoms with Gasteiger partial charge in [0.2, 0.25) is 0 Å². The van der Waals surface area contributed by atoms with E-state index in [1.165, 1.54) is 6.42 Å².